The van der Waals surface area contributed by atoms with E-state index in [1.54, 1.807) is 42.8 Å². The van der Waals surface area contributed by atoms with Gasteiger partial charge in [0.05, 0.1) is 16.0 Å². The van der Waals surface area contributed by atoms with Crippen LogP contribution in [0.2, 0.25) is 5.02 Å². The number of carbonyl (C=O) groups excluding carboxylic acids is 1. The number of rotatable bonds is 6. The van der Waals surface area contributed by atoms with E-state index in [-0.39, 0.29) is 10.8 Å². The number of hydrogen-bond donors (Lipinski definition) is 2. The van der Waals surface area contributed by atoms with Gasteiger partial charge < -0.3 is 15.0 Å². The Balaban J connectivity index is 1.81. The van der Waals surface area contributed by atoms with Gasteiger partial charge >= 0.3 is 5.97 Å². The summed E-state index contributed by atoms with van der Waals surface area (Å²) < 4.78 is 25.6. The number of aryl methyl sites for hydroxylation is 2. The second-order valence-corrected chi connectivity index (χ2v) is 9.39. The summed E-state index contributed by atoms with van der Waals surface area (Å²) in [6, 6.07) is 8.74. The van der Waals surface area contributed by atoms with Gasteiger partial charge in [-0.15, -0.1) is 0 Å². The minimum atomic E-state index is -3.91. The second-order valence-electron chi connectivity index (χ2n) is 6.99. The second kappa shape index (κ2) is 8.08. The SMILES string of the molecule is Cc1cc(Cl)c2cc(C(=O)N[C@H](C)c3ccc(S(=O)(=O)CC(=O)O)cc3)n(C)c2n1. The summed E-state index contributed by atoms with van der Waals surface area (Å²) in [6.07, 6.45) is 0. The number of fused-ring (bicyclic) bond motifs is 1. The molecule has 1 atom stereocenters. The molecule has 158 valence electrons. The van der Waals surface area contributed by atoms with Crippen molar-refractivity contribution in [2.24, 2.45) is 7.05 Å². The highest BCUT2D eigenvalue weighted by Crippen LogP contribution is 2.26. The Morgan fingerprint density at radius 1 is 1.23 bits per heavy atom. The molecule has 0 fully saturated rings. The highest BCUT2D eigenvalue weighted by Gasteiger charge is 2.21. The third-order valence-electron chi connectivity index (χ3n) is 4.71. The molecule has 0 saturated carbocycles. The molecule has 0 bridgehead atoms. The van der Waals surface area contributed by atoms with Crippen molar-refractivity contribution in [3.63, 3.8) is 0 Å². The standard InChI is InChI=1S/C20H20ClN3O5S/c1-11-8-16(21)15-9-17(24(3)19(15)22-11)20(27)23-12(2)13-4-6-14(7-5-13)30(28,29)10-18(25)26/h4-9,12H,10H2,1-3H3,(H,23,27)(H,25,26)/t12-/m1/s1. The van der Waals surface area contributed by atoms with E-state index in [2.05, 4.69) is 10.3 Å². The molecule has 8 nitrogen and oxygen atoms in total. The van der Waals surface area contributed by atoms with Crippen LogP contribution in [0.1, 0.15) is 34.7 Å². The maximum Gasteiger partial charge on any atom is 0.319 e. The van der Waals surface area contributed by atoms with E-state index in [1.165, 1.54) is 12.1 Å². The minimum Gasteiger partial charge on any atom is -0.480 e. The normalized spacial score (nSPS) is 12.7. The molecule has 2 N–H and O–H groups in total. The summed E-state index contributed by atoms with van der Waals surface area (Å²) in [5, 5.41) is 12.8. The molecule has 3 aromatic rings. The molecule has 2 aromatic heterocycles. The number of sulfone groups is 1. The van der Waals surface area contributed by atoms with Crippen LogP contribution in [0.3, 0.4) is 0 Å². The van der Waals surface area contributed by atoms with Crippen LogP contribution in [0.4, 0.5) is 0 Å². The van der Waals surface area contributed by atoms with Gasteiger partial charge in [0, 0.05) is 18.1 Å². The number of benzene rings is 1. The summed E-state index contributed by atoms with van der Waals surface area (Å²) >= 11 is 6.27. The van der Waals surface area contributed by atoms with E-state index in [0.717, 1.165) is 5.69 Å². The van der Waals surface area contributed by atoms with E-state index in [9.17, 15) is 18.0 Å². The number of nitrogens with zero attached hydrogens (tertiary/aromatic N) is 2. The lowest BCUT2D eigenvalue weighted by Crippen LogP contribution is -2.28. The van der Waals surface area contributed by atoms with Gasteiger partial charge in [-0.25, -0.2) is 13.4 Å². The van der Waals surface area contributed by atoms with E-state index in [4.69, 9.17) is 16.7 Å². The first kappa shape index (κ1) is 21.8. The zero-order valence-electron chi connectivity index (χ0n) is 16.5. The maximum absolute atomic E-state index is 12.8. The highest BCUT2D eigenvalue weighted by molar-refractivity contribution is 7.92. The number of amides is 1. The summed E-state index contributed by atoms with van der Waals surface area (Å²) in [5.41, 5.74) is 2.40. The van der Waals surface area contributed by atoms with Crippen molar-refractivity contribution in [3.05, 3.63) is 58.4 Å². The van der Waals surface area contributed by atoms with E-state index >= 15 is 0 Å². The molecule has 1 aromatic carbocycles. The fourth-order valence-electron chi connectivity index (χ4n) is 3.15. The first-order valence-corrected chi connectivity index (χ1v) is 11.0. The van der Waals surface area contributed by atoms with Crippen LogP contribution < -0.4 is 5.32 Å². The van der Waals surface area contributed by atoms with Crippen molar-refractivity contribution in [1.82, 2.24) is 14.9 Å². The molecule has 10 heteroatoms. The average molecular weight is 450 g/mol. The molecule has 0 unspecified atom stereocenters. The number of halogens is 1. The molecule has 30 heavy (non-hydrogen) atoms. The molecule has 1 amide bonds. The van der Waals surface area contributed by atoms with E-state index in [0.29, 0.717) is 27.3 Å². The van der Waals surface area contributed by atoms with Gasteiger partial charge in [-0.3, -0.25) is 9.59 Å². The summed E-state index contributed by atoms with van der Waals surface area (Å²) in [4.78, 5) is 27.9. The van der Waals surface area contributed by atoms with Crippen molar-refractivity contribution < 1.29 is 23.1 Å². The van der Waals surface area contributed by atoms with Gasteiger partial charge in [0.2, 0.25) is 0 Å². The number of carboxylic acid groups (broad SMARTS) is 1. The predicted octanol–water partition coefficient (Wildman–Crippen LogP) is 2.88. The van der Waals surface area contributed by atoms with Gasteiger partial charge in [-0.05, 0) is 43.7 Å². The lowest BCUT2D eigenvalue weighted by Gasteiger charge is -2.15. The number of carboxylic acids is 1. The van der Waals surface area contributed by atoms with E-state index in [1.807, 2.05) is 6.92 Å². The predicted molar refractivity (Wildman–Crippen MR) is 112 cm³/mol. The van der Waals surface area contributed by atoms with Crippen LogP contribution in [-0.2, 0) is 21.7 Å². The Labute approximate surface area is 178 Å². The number of carbonyl (C=O) groups is 2. The summed E-state index contributed by atoms with van der Waals surface area (Å²) in [5.74, 6) is -2.73. The first-order chi connectivity index (χ1) is 14.0. The minimum absolute atomic E-state index is 0.0862. The van der Waals surface area contributed by atoms with Crippen LogP contribution in [0.15, 0.2) is 41.3 Å². The van der Waals surface area contributed by atoms with Crippen molar-refractivity contribution >= 4 is 44.3 Å². The van der Waals surface area contributed by atoms with Gasteiger partial charge in [0.15, 0.2) is 15.6 Å². The molecule has 3 rings (SSSR count). The fourth-order valence-corrected chi connectivity index (χ4v) is 4.49. The third-order valence-corrected chi connectivity index (χ3v) is 6.64. The lowest BCUT2D eigenvalue weighted by molar-refractivity contribution is -0.134. The Kier molecular flexibility index (Phi) is 5.87. The van der Waals surface area contributed by atoms with Crippen LogP contribution in [0.25, 0.3) is 11.0 Å². The molecule has 0 aliphatic heterocycles. The van der Waals surface area contributed by atoms with Gasteiger partial charge in [0.1, 0.15) is 11.3 Å². The number of aromatic nitrogens is 2. The number of nitrogens with one attached hydrogen (secondary N) is 1. The molecule has 0 aliphatic rings. The smallest absolute Gasteiger partial charge is 0.319 e. The lowest BCUT2D eigenvalue weighted by atomic mass is 10.1. The van der Waals surface area contributed by atoms with Crippen molar-refractivity contribution in [3.8, 4) is 0 Å². The number of hydrogen-bond acceptors (Lipinski definition) is 5. The van der Waals surface area contributed by atoms with Crippen molar-refractivity contribution in [1.29, 1.82) is 0 Å². The Bertz CT molecular complexity index is 1250. The van der Waals surface area contributed by atoms with Crippen LogP contribution in [0, 0.1) is 6.92 Å². The molecular weight excluding hydrogens is 430 g/mol. The Morgan fingerprint density at radius 3 is 2.47 bits per heavy atom. The zero-order chi connectivity index (χ0) is 22.2. The molecule has 0 saturated heterocycles. The average Bonchev–Trinajstić information content (AvgIpc) is 2.98. The zero-order valence-corrected chi connectivity index (χ0v) is 18.1. The quantitative estimate of drug-likeness (QED) is 0.597. The van der Waals surface area contributed by atoms with Crippen LogP contribution >= 0.6 is 11.6 Å². The molecule has 0 spiro atoms. The number of aliphatic carboxylic acids is 1. The van der Waals surface area contributed by atoms with Gasteiger partial charge in [-0.2, -0.15) is 0 Å². The van der Waals surface area contributed by atoms with Crippen molar-refractivity contribution in [2.75, 3.05) is 5.75 Å². The molecular formula is C20H20ClN3O5S. The maximum atomic E-state index is 12.8. The molecule has 2 heterocycles. The van der Waals surface area contributed by atoms with Gasteiger partial charge in [0.25, 0.3) is 5.91 Å². The Morgan fingerprint density at radius 2 is 1.87 bits per heavy atom. The topological polar surface area (TPSA) is 118 Å². The van der Waals surface area contributed by atoms with Crippen LogP contribution in [-0.4, -0.2) is 40.7 Å². The molecule has 0 radical (unpaired) electrons. The summed E-state index contributed by atoms with van der Waals surface area (Å²) in [6.45, 7) is 3.58. The van der Waals surface area contributed by atoms with Gasteiger partial charge in [-0.1, -0.05) is 23.7 Å². The number of pyridine rings is 1. The monoisotopic (exact) mass is 449 g/mol. The third kappa shape index (κ3) is 4.31. The van der Waals surface area contributed by atoms with E-state index < -0.39 is 27.6 Å². The fraction of sp³-hybridized carbons (Fsp3) is 0.250. The Hall–Kier alpha value is -2.91. The molecule has 0 aliphatic carbocycles. The van der Waals surface area contributed by atoms with Crippen LogP contribution in [0.5, 0.6) is 0 Å². The first-order valence-electron chi connectivity index (χ1n) is 8.97. The largest absolute Gasteiger partial charge is 0.480 e. The summed E-state index contributed by atoms with van der Waals surface area (Å²) in [7, 11) is -2.18. The highest BCUT2D eigenvalue weighted by atomic mass is 35.5. The van der Waals surface area contributed by atoms with Crippen molar-refractivity contribution in [2.45, 2.75) is 24.8 Å².